The normalized spacial score (nSPS) is 14.0. The lowest BCUT2D eigenvalue weighted by Gasteiger charge is -2.17. The second-order valence-corrected chi connectivity index (χ2v) is 6.25. The quantitative estimate of drug-likeness (QED) is 0.806. The smallest absolute Gasteiger partial charge is 0.0948 e. The molecule has 0 spiro atoms. The zero-order valence-corrected chi connectivity index (χ0v) is 13.8. The van der Waals surface area contributed by atoms with Gasteiger partial charge in [0.2, 0.25) is 0 Å². The predicted molar refractivity (Wildman–Crippen MR) is 89.8 cm³/mol. The molecule has 1 aromatic carbocycles. The lowest BCUT2D eigenvalue weighted by molar-refractivity contribution is 0.106. The summed E-state index contributed by atoms with van der Waals surface area (Å²) in [6.45, 7) is 2.11. The third kappa shape index (κ3) is 4.92. The minimum Gasteiger partial charge on any atom is -0.382 e. The molecule has 1 aromatic heterocycles. The van der Waals surface area contributed by atoms with E-state index < -0.39 is 0 Å². The van der Waals surface area contributed by atoms with Crippen molar-refractivity contribution in [3.05, 3.63) is 40.7 Å². The summed E-state index contributed by atoms with van der Waals surface area (Å²) >= 11 is 1.75. The molecule has 3 nitrogen and oxygen atoms in total. The van der Waals surface area contributed by atoms with Crippen molar-refractivity contribution in [3.63, 3.8) is 0 Å². The Morgan fingerprint density at radius 3 is 2.67 bits per heavy atom. The maximum Gasteiger partial charge on any atom is 0.0948 e. The Morgan fingerprint density at radius 2 is 2.00 bits per heavy atom. The number of nitrogens with zero attached hydrogens (tertiary/aromatic N) is 1. The highest BCUT2D eigenvalue weighted by molar-refractivity contribution is 7.09. The van der Waals surface area contributed by atoms with E-state index in [0.29, 0.717) is 12.1 Å². The zero-order valence-electron chi connectivity index (χ0n) is 13.0. The Morgan fingerprint density at radius 1 is 1.24 bits per heavy atom. The van der Waals surface area contributed by atoms with Gasteiger partial charge in [-0.2, -0.15) is 0 Å². The van der Waals surface area contributed by atoms with Crippen molar-refractivity contribution in [1.29, 1.82) is 0 Å². The first-order valence-corrected chi connectivity index (χ1v) is 8.30. The second kappa shape index (κ2) is 8.27. The van der Waals surface area contributed by atoms with Gasteiger partial charge in [0.25, 0.3) is 0 Å². The van der Waals surface area contributed by atoms with Gasteiger partial charge >= 0.3 is 0 Å². The van der Waals surface area contributed by atoms with Gasteiger partial charge < -0.3 is 10.1 Å². The lowest BCUT2D eigenvalue weighted by atomic mass is 10.1. The van der Waals surface area contributed by atoms with Gasteiger partial charge in [-0.1, -0.05) is 30.3 Å². The minimum atomic E-state index is 0.317. The van der Waals surface area contributed by atoms with E-state index in [0.717, 1.165) is 25.0 Å². The highest BCUT2D eigenvalue weighted by Gasteiger charge is 2.12. The highest BCUT2D eigenvalue weighted by Crippen LogP contribution is 2.22. The molecule has 114 valence electrons. The van der Waals surface area contributed by atoms with Crippen LogP contribution in [0.1, 0.15) is 24.8 Å². The van der Waals surface area contributed by atoms with Crippen LogP contribution >= 0.6 is 11.3 Å². The number of benzene rings is 1. The molecule has 1 N–H and O–H groups in total. The Labute approximate surface area is 131 Å². The van der Waals surface area contributed by atoms with Crippen LogP contribution in [-0.4, -0.2) is 31.3 Å². The number of thiazole rings is 1. The SMILES string of the molecule is CNC(CCC(C)OC)Cc1nc(-c2ccccc2)cs1. The summed E-state index contributed by atoms with van der Waals surface area (Å²) in [7, 11) is 3.79. The molecule has 0 aliphatic heterocycles. The summed E-state index contributed by atoms with van der Waals surface area (Å²) in [6.07, 6.45) is 3.46. The number of nitrogens with one attached hydrogen (secondary N) is 1. The van der Waals surface area contributed by atoms with Gasteiger partial charge in [-0.25, -0.2) is 4.98 Å². The van der Waals surface area contributed by atoms with E-state index >= 15 is 0 Å². The van der Waals surface area contributed by atoms with Gasteiger partial charge in [-0.15, -0.1) is 11.3 Å². The molecule has 0 saturated heterocycles. The van der Waals surface area contributed by atoms with Gasteiger partial charge in [-0.05, 0) is 26.8 Å². The van der Waals surface area contributed by atoms with Gasteiger partial charge in [0.05, 0.1) is 16.8 Å². The molecule has 2 atom stereocenters. The molecular formula is C17H24N2OS. The largest absolute Gasteiger partial charge is 0.382 e. The van der Waals surface area contributed by atoms with E-state index in [4.69, 9.17) is 9.72 Å². The number of aromatic nitrogens is 1. The molecular weight excluding hydrogens is 280 g/mol. The lowest BCUT2D eigenvalue weighted by Crippen LogP contribution is -2.28. The van der Waals surface area contributed by atoms with E-state index in [1.54, 1.807) is 18.4 Å². The Kier molecular flexibility index (Phi) is 6.36. The number of hydrogen-bond acceptors (Lipinski definition) is 4. The van der Waals surface area contributed by atoms with E-state index in [2.05, 4.69) is 41.9 Å². The maximum absolute atomic E-state index is 5.32. The molecule has 0 aliphatic carbocycles. The van der Waals surface area contributed by atoms with Crippen molar-refractivity contribution in [1.82, 2.24) is 10.3 Å². The van der Waals surface area contributed by atoms with E-state index in [-0.39, 0.29) is 0 Å². The molecule has 2 unspecified atom stereocenters. The fourth-order valence-electron chi connectivity index (χ4n) is 2.26. The van der Waals surface area contributed by atoms with Crippen LogP contribution in [0.15, 0.2) is 35.7 Å². The predicted octanol–water partition coefficient (Wildman–Crippen LogP) is 3.76. The van der Waals surface area contributed by atoms with Crippen molar-refractivity contribution >= 4 is 11.3 Å². The summed E-state index contributed by atoms with van der Waals surface area (Å²) in [6, 6.07) is 10.8. The third-order valence-electron chi connectivity index (χ3n) is 3.77. The van der Waals surface area contributed by atoms with Crippen LogP contribution in [-0.2, 0) is 11.2 Å². The molecule has 0 bridgehead atoms. The van der Waals surface area contributed by atoms with Gasteiger partial charge in [0.1, 0.15) is 0 Å². The van der Waals surface area contributed by atoms with Crippen LogP contribution < -0.4 is 5.32 Å². The van der Waals surface area contributed by atoms with Crippen LogP contribution in [0.25, 0.3) is 11.3 Å². The Balaban J connectivity index is 1.94. The van der Waals surface area contributed by atoms with Gasteiger partial charge in [0, 0.05) is 30.5 Å². The standard InChI is InChI=1S/C17H24N2OS/c1-13(20-3)9-10-15(18-2)11-17-19-16(12-21-17)14-7-5-4-6-8-14/h4-8,12-13,15,18H,9-11H2,1-3H3. The van der Waals surface area contributed by atoms with E-state index in [1.165, 1.54) is 10.6 Å². The molecule has 2 rings (SSSR count). The molecule has 0 saturated carbocycles. The maximum atomic E-state index is 5.32. The van der Waals surface area contributed by atoms with Crippen molar-refractivity contribution in [2.24, 2.45) is 0 Å². The molecule has 0 amide bonds. The molecule has 0 fully saturated rings. The molecule has 1 heterocycles. The number of likely N-dealkylation sites (N-methyl/N-ethyl adjacent to an activating group) is 1. The fourth-order valence-corrected chi connectivity index (χ4v) is 3.14. The number of methoxy groups -OCH3 is 1. The van der Waals surface area contributed by atoms with Gasteiger partial charge in [0.15, 0.2) is 0 Å². The first-order chi connectivity index (χ1) is 10.2. The molecule has 21 heavy (non-hydrogen) atoms. The highest BCUT2D eigenvalue weighted by atomic mass is 32.1. The van der Waals surface area contributed by atoms with Crippen LogP contribution in [0.4, 0.5) is 0 Å². The number of rotatable bonds is 8. The summed E-state index contributed by atoms with van der Waals surface area (Å²) in [5.74, 6) is 0. The summed E-state index contributed by atoms with van der Waals surface area (Å²) in [4.78, 5) is 4.76. The first kappa shape index (κ1) is 16.1. The van der Waals surface area contributed by atoms with Crippen LogP contribution in [0, 0.1) is 0 Å². The van der Waals surface area contributed by atoms with E-state index in [1.807, 2.05) is 13.1 Å². The van der Waals surface area contributed by atoms with E-state index in [9.17, 15) is 0 Å². The van der Waals surface area contributed by atoms with Crippen LogP contribution in [0.3, 0.4) is 0 Å². The molecule has 0 aliphatic rings. The molecule has 4 heteroatoms. The monoisotopic (exact) mass is 304 g/mol. The summed E-state index contributed by atoms with van der Waals surface area (Å²) < 4.78 is 5.32. The first-order valence-electron chi connectivity index (χ1n) is 7.42. The van der Waals surface area contributed by atoms with Crippen LogP contribution in [0.2, 0.25) is 0 Å². The minimum absolute atomic E-state index is 0.317. The zero-order chi connectivity index (χ0) is 15.1. The topological polar surface area (TPSA) is 34.1 Å². The summed E-state index contributed by atoms with van der Waals surface area (Å²) in [5.41, 5.74) is 2.27. The van der Waals surface area contributed by atoms with Gasteiger partial charge in [-0.3, -0.25) is 0 Å². The van der Waals surface area contributed by atoms with Crippen molar-refractivity contribution in [2.45, 2.75) is 38.3 Å². The third-order valence-corrected chi connectivity index (χ3v) is 4.65. The molecule has 0 radical (unpaired) electrons. The van der Waals surface area contributed by atoms with Crippen molar-refractivity contribution in [3.8, 4) is 11.3 Å². The average Bonchev–Trinajstić information content (AvgIpc) is 3.00. The summed E-state index contributed by atoms with van der Waals surface area (Å²) in [5, 5.41) is 6.73. The fraction of sp³-hybridized carbons (Fsp3) is 0.471. The Bertz CT molecular complexity index is 527. The Hall–Kier alpha value is -1.23. The molecule has 2 aromatic rings. The van der Waals surface area contributed by atoms with Crippen molar-refractivity contribution in [2.75, 3.05) is 14.2 Å². The second-order valence-electron chi connectivity index (χ2n) is 5.31. The van der Waals surface area contributed by atoms with Crippen LogP contribution in [0.5, 0.6) is 0 Å². The average molecular weight is 304 g/mol. The van der Waals surface area contributed by atoms with Crippen molar-refractivity contribution < 1.29 is 4.74 Å². The number of ether oxygens (including phenoxy) is 1. The number of hydrogen-bond donors (Lipinski definition) is 1.